The first-order valence-corrected chi connectivity index (χ1v) is 8.78. The van der Waals surface area contributed by atoms with Crippen molar-refractivity contribution in [2.24, 2.45) is 10.4 Å². The average Bonchev–Trinajstić information content (AvgIpc) is 2.86. The molecule has 1 fully saturated rings. The summed E-state index contributed by atoms with van der Waals surface area (Å²) >= 11 is 1.69. The molecule has 5 nitrogen and oxygen atoms in total. The van der Waals surface area contributed by atoms with E-state index in [0.717, 1.165) is 42.8 Å². The van der Waals surface area contributed by atoms with Crippen molar-refractivity contribution >= 4 is 41.3 Å². The summed E-state index contributed by atoms with van der Waals surface area (Å²) in [5.74, 6) is 0.939. The van der Waals surface area contributed by atoms with E-state index in [-0.39, 0.29) is 24.0 Å². The summed E-state index contributed by atoms with van der Waals surface area (Å²) in [4.78, 5) is 11.1. The highest BCUT2D eigenvalue weighted by molar-refractivity contribution is 14.0. The molecule has 0 aromatic carbocycles. The number of aliphatic imine (C=N–C) groups is 1. The first kappa shape index (κ1) is 20.6. The van der Waals surface area contributed by atoms with Crippen molar-refractivity contribution in [2.75, 3.05) is 34.4 Å². The second-order valence-corrected chi connectivity index (χ2v) is 7.27. The third kappa shape index (κ3) is 5.86. The molecule has 1 heterocycles. The highest BCUT2D eigenvalue weighted by Crippen LogP contribution is 2.43. The quantitative estimate of drug-likeness (QED) is 0.392. The van der Waals surface area contributed by atoms with Crippen LogP contribution >= 0.6 is 35.3 Å². The third-order valence-corrected chi connectivity index (χ3v) is 5.33. The molecule has 1 aliphatic rings. The predicted octanol–water partition coefficient (Wildman–Crippen LogP) is 3.28. The Labute approximate surface area is 160 Å². The van der Waals surface area contributed by atoms with Crippen LogP contribution in [0.15, 0.2) is 10.4 Å². The van der Waals surface area contributed by atoms with Gasteiger partial charge in [-0.3, -0.25) is 4.99 Å². The topological polar surface area (TPSA) is 49.8 Å². The summed E-state index contributed by atoms with van der Waals surface area (Å²) in [5.41, 5.74) is 1.50. The fourth-order valence-corrected chi connectivity index (χ4v) is 3.56. The summed E-state index contributed by atoms with van der Waals surface area (Å²) in [6.07, 6.45) is 5.03. The fourth-order valence-electron chi connectivity index (χ4n) is 2.96. The van der Waals surface area contributed by atoms with Crippen molar-refractivity contribution in [3.05, 3.63) is 16.1 Å². The fraction of sp³-hybridized carbons (Fsp3) is 0.750. The lowest BCUT2D eigenvalue weighted by molar-refractivity contribution is 0.0727. The van der Waals surface area contributed by atoms with Gasteiger partial charge in [0.05, 0.1) is 17.2 Å². The maximum Gasteiger partial charge on any atom is 0.193 e. The molecule has 23 heavy (non-hydrogen) atoms. The first-order valence-electron chi connectivity index (χ1n) is 7.90. The molecule has 1 aliphatic carbocycles. The minimum Gasteiger partial charge on any atom is -0.385 e. The van der Waals surface area contributed by atoms with E-state index < -0.39 is 0 Å². The minimum absolute atomic E-state index is 0. The van der Waals surface area contributed by atoms with E-state index in [1.54, 1.807) is 18.4 Å². The van der Waals surface area contributed by atoms with E-state index in [9.17, 15) is 0 Å². The second-order valence-electron chi connectivity index (χ2n) is 6.21. The monoisotopic (exact) mass is 452 g/mol. The number of ether oxygens (including phenoxy) is 1. The average molecular weight is 452 g/mol. The summed E-state index contributed by atoms with van der Waals surface area (Å²) in [7, 11) is 5.68. The Morgan fingerprint density at radius 3 is 2.74 bits per heavy atom. The Bertz CT molecular complexity index is 502. The number of aromatic nitrogens is 1. The lowest BCUT2D eigenvalue weighted by Crippen LogP contribution is -2.47. The van der Waals surface area contributed by atoms with Crippen LogP contribution in [0.2, 0.25) is 0 Å². The molecule has 0 atom stereocenters. The smallest absolute Gasteiger partial charge is 0.193 e. The maximum absolute atomic E-state index is 5.26. The molecule has 1 aromatic rings. The largest absolute Gasteiger partial charge is 0.385 e. The zero-order valence-corrected chi connectivity index (χ0v) is 17.7. The van der Waals surface area contributed by atoms with E-state index in [1.165, 1.54) is 19.3 Å². The van der Waals surface area contributed by atoms with Crippen molar-refractivity contribution in [2.45, 2.75) is 39.2 Å². The van der Waals surface area contributed by atoms with Crippen molar-refractivity contribution in [1.29, 1.82) is 0 Å². The van der Waals surface area contributed by atoms with Crippen LogP contribution in [0.3, 0.4) is 0 Å². The Hall–Kier alpha value is -0.410. The molecular weight excluding hydrogens is 423 g/mol. The molecule has 0 unspecified atom stereocenters. The molecule has 0 amide bonds. The van der Waals surface area contributed by atoms with Crippen LogP contribution in [0.5, 0.6) is 0 Å². The van der Waals surface area contributed by atoms with Gasteiger partial charge in [0.1, 0.15) is 0 Å². The number of nitrogens with zero attached hydrogens (tertiary/aromatic N) is 3. The third-order valence-electron chi connectivity index (χ3n) is 4.51. The molecule has 0 aliphatic heterocycles. The highest BCUT2D eigenvalue weighted by atomic mass is 127. The van der Waals surface area contributed by atoms with E-state index in [0.29, 0.717) is 5.41 Å². The number of rotatable bonds is 7. The van der Waals surface area contributed by atoms with Crippen molar-refractivity contribution in [3.8, 4) is 0 Å². The summed E-state index contributed by atoms with van der Waals surface area (Å²) in [5, 5.41) is 6.77. The number of thiazole rings is 1. The van der Waals surface area contributed by atoms with E-state index in [2.05, 4.69) is 32.6 Å². The molecule has 2 rings (SSSR count). The number of hydrogen-bond acceptors (Lipinski definition) is 4. The summed E-state index contributed by atoms with van der Waals surface area (Å²) < 4.78 is 5.26. The lowest BCUT2D eigenvalue weighted by Gasteiger charge is -2.42. The van der Waals surface area contributed by atoms with Gasteiger partial charge in [-0.2, -0.15) is 0 Å². The molecule has 7 heteroatoms. The number of hydrogen-bond donors (Lipinski definition) is 1. The van der Waals surface area contributed by atoms with Crippen LogP contribution in [0, 0.1) is 12.3 Å². The van der Waals surface area contributed by atoms with E-state index >= 15 is 0 Å². The molecule has 0 spiro atoms. The van der Waals surface area contributed by atoms with Crippen molar-refractivity contribution in [1.82, 2.24) is 15.2 Å². The molecule has 1 N–H and O–H groups in total. The van der Waals surface area contributed by atoms with Crippen LogP contribution in [0.1, 0.15) is 36.4 Å². The molecule has 1 saturated carbocycles. The highest BCUT2D eigenvalue weighted by Gasteiger charge is 2.36. The summed E-state index contributed by atoms with van der Waals surface area (Å²) in [6, 6.07) is 0. The Morgan fingerprint density at radius 2 is 2.26 bits per heavy atom. The van der Waals surface area contributed by atoms with Gasteiger partial charge in [-0.05, 0) is 31.6 Å². The maximum atomic E-state index is 5.26. The normalized spacial score (nSPS) is 16.4. The van der Waals surface area contributed by atoms with Gasteiger partial charge in [-0.1, -0.05) is 6.42 Å². The molecule has 0 saturated heterocycles. The minimum atomic E-state index is 0. The zero-order valence-electron chi connectivity index (χ0n) is 14.6. The number of nitrogens with one attached hydrogen (secondary N) is 1. The number of aryl methyl sites for hydroxylation is 1. The van der Waals surface area contributed by atoms with E-state index in [4.69, 9.17) is 4.74 Å². The van der Waals surface area contributed by atoms with E-state index in [1.807, 2.05) is 14.0 Å². The van der Waals surface area contributed by atoms with Gasteiger partial charge < -0.3 is 15.0 Å². The SMILES string of the molecule is CN=C(NCC1(CCOC)CCC1)N(C)Cc1csc(C)n1.I. The van der Waals surface area contributed by atoms with Gasteiger partial charge in [-0.15, -0.1) is 35.3 Å². The molecule has 132 valence electrons. The predicted molar refractivity (Wildman–Crippen MR) is 108 cm³/mol. The number of guanidine groups is 1. The molecule has 1 aromatic heterocycles. The van der Waals surface area contributed by atoms with Crippen molar-refractivity contribution < 1.29 is 4.74 Å². The standard InChI is InChI=1S/C16H28N4OS.HI/c1-13-19-14(11-22-13)10-20(3)15(17-2)18-12-16(6-5-7-16)8-9-21-4;/h11H,5-10,12H2,1-4H3,(H,17,18);1H. The lowest BCUT2D eigenvalue weighted by atomic mass is 9.67. The van der Waals surface area contributed by atoms with Gasteiger partial charge >= 0.3 is 0 Å². The molecular formula is C16H29IN4OS. The van der Waals surface area contributed by atoms with Crippen LogP contribution < -0.4 is 5.32 Å². The van der Waals surface area contributed by atoms with Gasteiger partial charge in [0.2, 0.25) is 0 Å². The van der Waals surface area contributed by atoms with Gasteiger partial charge in [0.25, 0.3) is 0 Å². The Morgan fingerprint density at radius 1 is 1.52 bits per heavy atom. The van der Waals surface area contributed by atoms with Crippen LogP contribution in [-0.4, -0.2) is 50.2 Å². The zero-order chi connectivity index (χ0) is 16.0. The van der Waals surface area contributed by atoms with Gasteiger partial charge in [0.15, 0.2) is 5.96 Å². The molecule has 0 bridgehead atoms. The van der Waals surface area contributed by atoms with Crippen LogP contribution in [-0.2, 0) is 11.3 Å². The van der Waals surface area contributed by atoms with Crippen LogP contribution in [0.4, 0.5) is 0 Å². The Balaban J connectivity index is 0.00000264. The van der Waals surface area contributed by atoms with Crippen molar-refractivity contribution in [3.63, 3.8) is 0 Å². The van der Waals surface area contributed by atoms with Crippen LogP contribution in [0.25, 0.3) is 0 Å². The number of methoxy groups -OCH3 is 1. The number of halogens is 1. The Kier molecular flexibility index (Phi) is 8.78. The first-order chi connectivity index (χ1) is 10.6. The molecule has 0 radical (unpaired) electrons. The summed E-state index contributed by atoms with van der Waals surface area (Å²) in [6.45, 7) is 4.64. The van der Waals surface area contributed by atoms with Gasteiger partial charge in [0, 0.05) is 39.7 Å². The second kappa shape index (κ2) is 9.78. The van der Waals surface area contributed by atoms with Gasteiger partial charge in [-0.25, -0.2) is 4.98 Å².